The Morgan fingerprint density at radius 3 is 2.58 bits per heavy atom. The molecule has 1 aromatic heterocycles. The maximum Gasteiger partial charge on any atom is 0.259 e. The summed E-state index contributed by atoms with van der Waals surface area (Å²) in [6, 6.07) is 0. The van der Waals surface area contributed by atoms with Crippen molar-refractivity contribution in [2.24, 2.45) is 0 Å². The van der Waals surface area contributed by atoms with Crippen LogP contribution in [0, 0.1) is 6.92 Å². The molecule has 4 nitrogen and oxygen atoms in total. The first kappa shape index (κ1) is 14.7. The first-order chi connectivity index (χ1) is 8.90. The van der Waals surface area contributed by atoms with Crippen LogP contribution in [-0.4, -0.2) is 39.4 Å². The van der Waals surface area contributed by atoms with Crippen LogP contribution in [-0.2, 0) is 0 Å². The third kappa shape index (κ3) is 3.05. The van der Waals surface area contributed by atoms with Crippen LogP contribution < -0.4 is 5.43 Å². The van der Waals surface area contributed by atoms with E-state index in [2.05, 4.69) is 34.8 Å². The lowest BCUT2D eigenvalue weighted by Gasteiger charge is -2.34. The Labute approximate surface area is 125 Å². The molecule has 0 unspecified atom stereocenters. The van der Waals surface area contributed by atoms with Gasteiger partial charge in [0.1, 0.15) is 5.56 Å². The van der Waals surface area contributed by atoms with Crippen LogP contribution >= 0.6 is 27.7 Å². The predicted molar refractivity (Wildman–Crippen MR) is 81.9 cm³/mol. The zero-order valence-corrected chi connectivity index (χ0v) is 13.6. The number of aryl methyl sites for hydroxylation is 1. The topological polar surface area (TPSA) is 53.2 Å². The number of hydrogen-bond donors (Lipinski definition) is 1. The molecule has 2 heterocycles. The summed E-state index contributed by atoms with van der Waals surface area (Å²) in [5.41, 5.74) is 0.709. The maximum atomic E-state index is 12.5. The molecule has 1 aliphatic rings. The molecule has 104 valence electrons. The Bertz CT molecular complexity index is 548. The highest BCUT2D eigenvalue weighted by molar-refractivity contribution is 9.10. The van der Waals surface area contributed by atoms with E-state index in [1.54, 1.807) is 11.8 Å². The number of pyridine rings is 1. The molecular weight excluding hydrogens is 328 g/mol. The van der Waals surface area contributed by atoms with Crippen molar-refractivity contribution in [1.82, 2.24) is 9.88 Å². The van der Waals surface area contributed by atoms with Crippen molar-refractivity contribution in [3.63, 3.8) is 0 Å². The first-order valence-corrected chi connectivity index (χ1v) is 7.96. The molecule has 1 saturated heterocycles. The highest BCUT2D eigenvalue weighted by Gasteiger charge is 2.28. The summed E-state index contributed by atoms with van der Waals surface area (Å²) in [5, 5.41) is 0.807. The molecule has 2 rings (SSSR count). The van der Waals surface area contributed by atoms with E-state index < -0.39 is 0 Å². The largest absolute Gasteiger partial charge is 0.363 e. The van der Waals surface area contributed by atoms with E-state index in [4.69, 9.17) is 0 Å². The van der Waals surface area contributed by atoms with Crippen molar-refractivity contribution in [3.05, 3.63) is 32.2 Å². The molecule has 1 aliphatic heterocycles. The number of carbonyl (C=O) groups is 1. The van der Waals surface area contributed by atoms with E-state index in [0.29, 0.717) is 28.1 Å². The van der Waals surface area contributed by atoms with Crippen molar-refractivity contribution in [2.75, 3.05) is 13.1 Å². The Morgan fingerprint density at radius 1 is 1.42 bits per heavy atom. The molecule has 1 aromatic rings. The monoisotopic (exact) mass is 344 g/mol. The van der Waals surface area contributed by atoms with E-state index in [1.807, 2.05) is 11.8 Å². The second kappa shape index (κ2) is 5.71. The van der Waals surface area contributed by atoms with Gasteiger partial charge in [0.25, 0.3) is 5.91 Å². The Morgan fingerprint density at radius 2 is 2.00 bits per heavy atom. The van der Waals surface area contributed by atoms with Gasteiger partial charge in [0.05, 0.1) is 4.47 Å². The number of rotatable bonds is 1. The Hall–Kier alpha value is -0.750. The van der Waals surface area contributed by atoms with Crippen molar-refractivity contribution in [1.29, 1.82) is 0 Å². The highest BCUT2D eigenvalue weighted by Crippen LogP contribution is 2.25. The molecule has 0 saturated carbocycles. The quantitative estimate of drug-likeness (QED) is 0.851. The number of nitrogens with one attached hydrogen (secondary N) is 1. The average molecular weight is 345 g/mol. The fraction of sp³-hybridized carbons (Fsp3) is 0.538. The first-order valence-electron chi connectivity index (χ1n) is 6.22. The molecule has 0 bridgehead atoms. The molecule has 0 aliphatic carbocycles. The van der Waals surface area contributed by atoms with Crippen LogP contribution in [0.2, 0.25) is 0 Å². The minimum Gasteiger partial charge on any atom is -0.363 e. The van der Waals surface area contributed by atoms with Gasteiger partial charge in [0.15, 0.2) is 0 Å². The summed E-state index contributed by atoms with van der Waals surface area (Å²) in [5.74, 6) is -0.180. The van der Waals surface area contributed by atoms with Gasteiger partial charge in [-0.3, -0.25) is 9.59 Å². The van der Waals surface area contributed by atoms with Gasteiger partial charge in [-0.15, -0.1) is 0 Å². The van der Waals surface area contributed by atoms with E-state index in [9.17, 15) is 9.59 Å². The molecule has 1 fully saturated rings. The van der Waals surface area contributed by atoms with Gasteiger partial charge in [0.2, 0.25) is 5.43 Å². The zero-order chi connectivity index (χ0) is 14.2. The maximum absolute atomic E-state index is 12.5. The lowest BCUT2D eigenvalue weighted by molar-refractivity contribution is 0.0751. The molecule has 1 amide bonds. The molecular formula is C13H17BrN2O2S. The van der Waals surface area contributed by atoms with E-state index in [-0.39, 0.29) is 16.9 Å². The van der Waals surface area contributed by atoms with E-state index >= 15 is 0 Å². The fourth-order valence-corrected chi connectivity index (χ4v) is 3.92. The van der Waals surface area contributed by atoms with Gasteiger partial charge in [-0.1, -0.05) is 13.8 Å². The van der Waals surface area contributed by atoms with Crippen LogP contribution in [0.25, 0.3) is 0 Å². The number of thioether (sulfide) groups is 1. The summed E-state index contributed by atoms with van der Waals surface area (Å²) in [6.45, 7) is 7.39. The standard InChI is InChI=1S/C13H17BrN2O2S/c1-7-5-16(6-8(2)19-7)13(18)10-4-15-9(3)11(14)12(10)17/h4,7-8H,5-6H2,1-3H3,(H,15,17)/t7-,8-/m0/s1. The molecule has 0 aromatic carbocycles. The van der Waals surface area contributed by atoms with Crippen LogP contribution in [0.5, 0.6) is 0 Å². The third-order valence-electron chi connectivity index (χ3n) is 3.14. The number of H-pyrrole nitrogens is 1. The SMILES string of the molecule is Cc1[nH]cc(C(=O)N2C[C@H](C)S[C@@H](C)C2)c(=O)c1Br. The minimum absolute atomic E-state index is 0.180. The number of hydrogen-bond acceptors (Lipinski definition) is 3. The molecule has 2 atom stereocenters. The second-order valence-corrected chi connectivity index (χ2v) is 7.61. The smallest absolute Gasteiger partial charge is 0.259 e. The van der Waals surface area contributed by atoms with Gasteiger partial charge in [-0.05, 0) is 22.9 Å². The second-order valence-electron chi connectivity index (χ2n) is 4.94. The summed E-state index contributed by atoms with van der Waals surface area (Å²) in [4.78, 5) is 29.3. The number of aromatic amines is 1. The van der Waals surface area contributed by atoms with Gasteiger partial charge in [0, 0.05) is 35.5 Å². The summed E-state index contributed by atoms with van der Waals surface area (Å²) >= 11 is 5.11. The summed E-state index contributed by atoms with van der Waals surface area (Å²) < 4.78 is 0.436. The number of aromatic nitrogens is 1. The number of carbonyl (C=O) groups excluding carboxylic acids is 1. The number of amides is 1. The highest BCUT2D eigenvalue weighted by atomic mass is 79.9. The van der Waals surface area contributed by atoms with Crippen molar-refractivity contribution in [2.45, 2.75) is 31.3 Å². The van der Waals surface area contributed by atoms with E-state index in [0.717, 1.165) is 5.69 Å². The van der Waals surface area contributed by atoms with Gasteiger partial charge in [-0.2, -0.15) is 11.8 Å². The van der Waals surface area contributed by atoms with Crippen LogP contribution in [0.15, 0.2) is 15.5 Å². The van der Waals surface area contributed by atoms with Crippen molar-refractivity contribution in [3.8, 4) is 0 Å². The van der Waals surface area contributed by atoms with Crippen molar-refractivity contribution < 1.29 is 4.79 Å². The molecule has 19 heavy (non-hydrogen) atoms. The molecule has 6 heteroatoms. The zero-order valence-electron chi connectivity index (χ0n) is 11.2. The minimum atomic E-state index is -0.236. The third-order valence-corrected chi connectivity index (χ3v) is 5.33. The van der Waals surface area contributed by atoms with Gasteiger partial charge < -0.3 is 9.88 Å². The summed E-state index contributed by atoms with van der Waals surface area (Å²) in [6.07, 6.45) is 1.52. The molecule has 0 radical (unpaired) electrons. The average Bonchev–Trinajstić information content (AvgIpc) is 2.34. The predicted octanol–water partition coefficient (Wildman–Crippen LogP) is 2.41. The molecule has 0 spiro atoms. The molecule has 1 N–H and O–H groups in total. The summed E-state index contributed by atoms with van der Waals surface area (Å²) in [7, 11) is 0. The van der Waals surface area contributed by atoms with Crippen molar-refractivity contribution >= 4 is 33.6 Å². The van der Waals surface area contributed by atoms with E-state index in [1.165, 1.54) is 6.20 Å². The normalized spacial score (nSPS) is 23.5. The fourth-order valence-electron chi connectivity index (χ4n) is 2.27. The van der Waals surface area contributed by atoms with Crippen LogP contribution in [0.1, 0.15) is 29.9 Å². The van der Waals surface area contributed by atoms with Gasteiger partial charge >= 0.3 is 0 Å². The van der Waals surface area contributed by atoms with Crippen LogP contribution in [0.4, 0.5) is 0 Å². The van der Waals surface area contributed by atoms with Crippen LogP contribution in [0.3, 0.4) is 0 Å². The lowest BCUT2D eigenvalue weighted by atomic mass is 10.2. The Balaban J connectivity index is 2.30. The number of nitrogens with zero attached hydrogens (tertiary/aromatic N) is 1. The number of halogens is 1. The lowest BCUT2D eigenvalue weighted by Crippen LogP contribution is -2.45. The van der Waals surface area contributed by atoms with Gasteiger partial charge in [-0.25, -0.2) is 0 Å². The Kier molecular flexibility index (Phi) is 4.40.